The van der Waals surface area contributed by atoms with Crippen LogP contribution < -0.4 is 0 Å². The van der Waals surface area contributed by atoms with Crippen molar-refractivity contribution in [2.45, 2.75) is 106 Å². The van der Waals surface area contributed by atoms with E-state index in [1.54, 1.807) is 12.1 Å². The van der Waals surface area contributed by atoms with Crippen molar-refractivity contribution >= 4 is 34.6 Å². The summed E-state index contributed by atoms with van der Waals surface area (Å²) in [6.45, 7) is 19.3. The lowest BCUT2D eigenvalue weighted by Gasteiger charge is -2.72. The largest absolute Gasteiger partial charge is 0.478 e. The predicted octanol–water partition coefficient (Wildman–Crippen LogP) is 10.0. The average Bonchev–Trinajstić information content (AvgIpc) is 3.67. The van der Waals surface area contributed by atoms with Gasteiger partial charge in [-0.05, 0) is 139 Å². The molecule has 0 bridgehead atoms. The number of ketones is 1. The summed E-state index contributed by atoms with van der Waals surface area (Å²) in [4.78, 5) is 42.2. The zero-order chi connectivity index (χ0) is 35.3. The van der Waals surface area contributed by atoms with Crippen molar-refractivity contribution in [1.82, 2.24) is 4.98 Å². The second-order valence-electron chi connectivity index (χ2n) is 17.8. The zero-order valence-corrected chi connectivity index (χ0v) is 30.9. The third kappa shape index (κ3) is 4.83. The van der Waals surface area contributed by atoms with E-state index in [4.69, 9.17) is 0 Å². The summed E-state index contributed by atoms with van der Waals surface area (Å²) in [5.41, 5.74) is 3.98. The molecule has 6 nitrogen and oxygen atoms in total. The van der Waals surface area contributed by atoms with Gasteiger partial charge in [0.1, 0.15) is 15.7 Å². The summed E-state index contributed by atoms with van der Waals surface area (Å²) >= 11 is 1.14. The minimum atomic E-state index is -0.986. The van der Waals surface area contributed by atoms with Gasteiger partial charge < -0.3 is 10.2 Å². The van der Waals surface area contributed by atoms with Crippen LogP contribution >= 0.6 is 11.3 Å². The van der Waals surface area contributed by atoms with Gasteiger partial charge in [-0.2, -0.15) is 0 Å². The molecular weight excluding hydrogens is 631 g/mol. The smallest absolute Gasteiger partial charge is 0.347 e. The highest BCUT2D eigenvalue weighted by atomic mass is 32.1. The van der Waals surface area contributed by atoms with Crippen molar-refractivity contribution in [3.05, 3.63) is 69.7 Å². The second-order valence-corrected chi connectivity index (χ2v) is 18.9. The quantitative estimate of drug-likeness (QED) is 0.282. The molecule has 0 spiro atoms. The van der Waals surface area contributed by atoms with Gasteiger partial charge in [-0.3, -0.25) is 4.79 Å². The second kappa shape index (κ2) is 11.5. The fourth-order valence-electron chi connectivity index (χ4n) is 13.3. The van der Waals surface area contributed by atoms with Gasteiger partial charge in [0.15, 0.2) is 0 Å². The van der Waals surface area contributed by atoms with Crippen molar-refractivity contribution in [3.8, 4) is 0 Å². The summed E-state index contributed by atoms with van der Waals surface area (Å²) < 4.78 is 0. The number of allylic oxidation sites excluding steroid dienone is 3. The van der Waals surface area contributed by atoms with Gasteiger partial charge in [-0.25, -0.2) is 14.6 Å². The van der Waals surface area contributed by atoms with Gasteiger partial charge in [0.05, 0.1) is 18.2 Å². The van der Waals surface area contributed by atoms with E-state index in [1.807, 2.05) is 12.1 Å². The van der Waals surface area contributed by atoms with E-state index in [1.165, 1.54) is 30.2 Å². The van der Waals surface area contributed by atoms with Crippen LogP contribution in [0.15, 0.2) is 48.7 Å². The van der Waals surface area contributed by atoms with Gasteiger partial charge in [0.25, 0.3) is 0 Å². The minimum absolute atomic E-state index is 0.0439. The number of rotatable bonds is 7. The van der Waals surface area contributed by atoms with E-state index < -0.39 is 17.4 Å². The fourth-order valence-corrected chi connectivity index (χ4v) is 14.1. The molecule has 0 saturated heterocycles. The minimum Gasteiger partial charge on any atom is -0.478 e. The first kappa shape index (κ1) is 34.4. The Hall–Kier alpha value is -3.06. The first-order valence-electron chi connectivity index (χ1n) is 18.4. The number of hydrogen-bond acceptors (Lipinski definition) is 5. The number of carboxylic acids is 2. The van der Waals surface area contributed by atoms with Crippen LogP contribution in [0.1, 0.15) is 130 Å². The lowest BCUT2D eigenvalue weighted by molar-refractivity contribution is -0.224. The molecule has 2 aromatic rings. The molecule has 1 heterocycles. The van der Waals surface area contributed by atoms with Crippen molar-refractivity contribution in [2.75, 3.05) is 0 Å². The molecule has 7 heteroatoms. The highest BCUT2D eigenvalue weighted by Crippen LogP contribution is 2.78. The van der Waals surface area contributed by atoms with Gasteiger partial charge in [-0.15, -0.1) is 11.3 Å². The number of carboxylic acid groups (broad SMARTS) is 2. The average molecular weight is 684 g/mol. The molecular formula is C42H53NO5S. The van der Waals surface area contributed by atoms with Crippen LogP contribution in [-0.4, -0.2) is 32.9 Å². The van der Waals surface area contributed by atoms with Crippen LogP contribution in [0.2, 0.25) is 0 Å². The number of benzene rings is 1. The Morgan fingerprint density at radius 1 is 0.878 bits per heavy atom. The van der Waals surface area contributed by atoms with Crippen molar-refractivity contribution in [3.63, 3.8) is 0 Å². The molecule has 1 aromatic heterocycles. The molecule has 0 unspecified atom stereocenters. The van der Waals surface area contributed by atoms with Gasteiger partial charge in [-0.1, -0.05) is 65.0 Å². The van der Waals surface area contributed by atoms with E-state index in [2.05, 4.69) is 59.2 Å². The molecule has 49 heavy (non-hydrogen) atoms. The molecule has 5 aliphatic carbocycles. The first-order valence-corrected chi connectivity index (χ1v) is 19.2. The number of aromatic nitrogens is 1. The molecule has 4 saturated carbocycles. The molecule has 262 valence electrons. The standard InChI is InChI=1S/C42H53NO5S/c1-24(2)27-14-19-42(33(44)22-34-43-23-30(49-34)37(47)48)21-20-40(6)29(35(27)42)12-13-32-39(5)17-15-28(25-8-10-26(11-9-25)36(45)46)38(3,4)31(39)16-18-41(32,40)7/h8-11,15,23,27,29,31-32,35H,1,12-14,16-22H2,2-7H3,(H,45,46)(H,47,48)/t27-,29+,31-,32+,35+,39-,40+,41+,42+/m0/s1. The third-order valence-electron chi connectivity index (χ3n) is 15.7. The van der Waals surface area contributed by atoms with Gasteiger partial charge >= 0.3 is 11.9 Å². The Bertz CT molecular complexity index is 1750. The Labute approximate surface area is 295 Å². The molecule has 0 radical (unpaired) electrons. The Morgan fingerprint density at radius 3 is 2.22 bits per heavy atom. The summed E-state index contributed by atoms with van der Waals surface area (Å²) in [5.74, 6) is 0.517. The summed E-state index contributed by atoms with van der Waals surface area (Å²) in [7, 11) is 0. The zero-order valence-electron chi connectivity index (χ0n) is 30.1. The number of hydrogen-bond donors (Lipinski definition) is 2. The van der Waals surface area contributed by atoms with Crippen LogP contribution in [0.3, 0.4) is 0 Å². The van der Waals surface area contributed by atoms with Crippen LogP contribution in [0.4, 0.5) is 0 Å². The SMILES string of the molecule is C=C(C)[C@@H]1CC[C@]2(C(=O)Cc3ncc(C(=O)O)s3)CC[C@]3(C)[C@H](CC[C@@H]4[C@@]5(C)CC=C(c6ccc(C(=O)O)cc6)C(C)(C)[C@@H]5CC[C@]43C)[C@@H]12. The molecule has 2 N–H and O–H groups in total. The molecule has 0 aliphatic heterocycles. The highest BCUT2D eigenvalue weighted by Gasteiger charge is 2.71. The van der Waals surface area contributed by atoms with Gasteiger partial charge in [0.2, 0.25) is 0 Å². The van der Waals surface area contributed by atoms with E-state index >= 15 is 0 Å². The van der Waals surface area contributed by atoms with E-state index in [0.29, 0.717) is 34.2 Å². The number of carbonyl (C=O) groups excluding carboxylic acids is 1. The maximum atomic E-state index is 14.5. The Kier molecular flexibility index (Phi) is 8.06. The van der Waals surface area contributed by atoms with Crippen molar-refractivity contribution in [1.29, 1.82) is 0 Å². The number of nitrogens with zero attached hydrogens (tertiary/aromatic N) is 1. The highest BCUT2D eigenvalue weighted by molar-refractivity contribution is 7.13. The van der Waals surface area contributed by atoms with Gasteiger partial charge in [0, 0.05) is 5.41 Å². The molecule has 5 aliphatic rings. The van der Waals surface area contributed by atoms with Crippen molar-refractivity contribution in [2.24, 2.45) is 56.7 Å². The maximum Gasteiger partial charge on any atom is 0.347 e. The fraction of sp³-hybridized carbons (Fsp3) is 0.619. The first-order chi connectivity index (χ1) is 23.0. The monoisotopic (exact) mass is 683 g/mol. The van der Waals surface area contributed by atoms with E-state index in [9.17, 15) is 24.6 Å². The molecule has 4 fully saturated rings. The van der Waals surface area contributed by atoms with Crippen molar-refractivity contribution < 1.29 is 24.6 Å². The Morgan fingerprint density at radius 2 is 1.59 bits per heavy atom. The molecule has 7 rings (SSSR count). The van der Waals surface area contributed by atoms with E-state index in [0.717, 1.165) is 61.8 Å². The summed E-state index contributed by atoms with van der Waals surface area (Å²) in [6, 6.07) is 7.46. The Balaban J connectivity index is 1.21. The summed E-state index contributed by atoms with van der Waals surface area (Å²) in [6.07, 6.45) is 13.6. The van der Waals surface area contributed by atoms with Crippen LogP contribution in [0.25, 0.3) is 5.57 Å². The number of carbonyl (C=O) groups is 3. The number of fused-ring (bicyclic) bond motifs is 7. The predicted molar refractivity (Wildman–Crippen MR) is 194 cm³/mol. The van der Waals surface area contributed by atoms with Crippen LogP contribution in [-0.2, 0) is 11.2 Å². The summed E-state index contributed by atoms with van der Waals surface area (Å²) in [5, 5.41) is 19.6. The number of thiazole rings is 1. The lowest BCUT2D eigenvalue weighted by Crippen LogP contribution is -2.66. The molecule has 1 aromatic carbocycles. The third-order valence-corrected chi connectivity index (χ3v) is 16.7. The molecule has 9 atom stereocenters. The maximum absolute atomic E-state index is 14.5. The topological polar surface area (TPSA) is 105 Å². The number of aromatic carboxylic acids is 2. The normalized spacial score (nSPS) is 39.1. The van der Waals surface area contributed by atoms with Crippen LogP contribution in [0.5, 0.6) is 0 Å². The van der Waals surface area contributed by atoms with E-state index in [-0.39, 0.29) is 44.7 Å². The lowest BCUT2D eigenvalue weighted by atomic mass is 9.32. The molecule has 0 amide bonds. The van der Waals surface area contributed by atoms with Crippen LogP contribution in [0, 0.1) is 56.7 Å². The number of Topliss-reactive ketones (excluding diaryl/α,β-unsaturated/α-hetero) is 1.